The summed E-state index contributed by atoms with van der Waals surface area (Å²) in [5.74, 6) is 1.39. The molecule has 2 aliphatic rings. The lowest BCUT2D eigenvalue weighted by molar-refractivity contribution is 0.148. The number of piperidine rings is 1. The van der Waals surface area contributed by atoms with Crippen LogP contribution in [0.1, 0.15) is 56.9 Å². The molecule has 1 saturated heterocycles. The minimum absolute atomic E-state index is 0. The highest BCUT2D eigenvalue weighted by Gasteiger charge is 2.15. The van der Waals surface area contributed by atoms with Gasteiger partial charge in [0.15, 0.2) is 5.96 Å². The molecule has 1 aromatic rings. The first-order valence-electron chi connectivity index (χ1n) is 8.98. The monoisotopic (exact) mass is 444 g/mol. The van der Waals surface area contributed by atoms with E-state index in [1.54, 1.807) is 6.20 Å². The summed E-state index contributed by atoms with van der Waals surface area (Å²) in [5.41, 5.74) is 7.22. The Morgan fingerprint density at radius 2 is 1.88 bits per heavy atom. The van der Waals surface area contributed by atoms with Crippen molar-refractivity contribution in [3.05, 3.63) is 23.9 Å². The van der Waals surface area contributed by atoms with Crippen LogP contribution >= 0.6 is 24.0 Å². The van der Waals surface area contributed by atoms with Gasteiger partial charge in [0.1, 0.15) is 6.10 Å². The average Bonchev–Trinajstić information content (AvgIpc) is 2.62. The third kappa shape index (κ3) is 5.79. The quantitative estimate of drug-likeness (QED) is 0.437. The Hall–Kier alpha value is -1.05. The molecule has 1 aliphatic heterocycles. The van der Waals surface area contributed by atoms with E-state index in [2.05, 4.69) is 14.9 Å². The van der Waals surface area contributed by atoms with E-state index in [0.29, 0.717) is 18.6 Å². The van der Waals surface area contributed by atoms with E-state index < -0.39 is 0 Å². The molecule has 0 atom stereocenters. The number of pyridine rings is 1. The zero-order valence-corrected chi connectivity index (χ0v) is 16.7. The van der Waals surface area contributed by atoms with Gasteiger partial charge in [0, 0.05) is 25.4 Å². The topological polar surface area (TPSA) is 63.7 Å². The number of hydrogen-bond acceptors (Lipinski definition) is 3. The lowest BCUT2D eigenvalue weighted by Crippen LogP contribution is -2.40. The van der Waals surface area contributed by atoms with E-state index in [1.807, 2.05) is 12.1 Å². The summed E-state index contributed by atoms with van der Waals surface area (Å²) in [6.07, 6.45) is 12.0. The number of nitrogens with zero attached hydrogens (tertiary/aromatic N) is 3. The summed E-state index contributed by atoms with van der Waals surface area (Å²) in [7, 11) is 0. The number of halogens is 1. The molecule has 0 radical (unpaired) electrons. The number of aliphatic imine (C=N–C) groups is 1. The summed E-state index contributed by atoms with van der Waals surface area (Å²) < 4.78 is 6.02. The number of rotatable bonds is 4. The molecule has 6 heteroatoms. The SMILES string of the molecule is I.NC(=NCc1ccnc(OC2CCCCC2)c1)N1CCCCC1. The second-order valence-electron chi connectivity index (χ2n) is 6.60. The lowest BCUT2D eigenvalue weighted by Gasteiger charge is -2.27. The molecule has 134 valence electrons. The van der Waals surface area contributed by atoms with Crippen molar-refractivity contribution in [1.29, 1.82) is 0 Å². The first-order chi connectivity index (χ1) is 11.3. The van der Waals surface area contributed by atoms with Crippen molar-refractivity contribution in [2.45, 2.75) is 64.0 Å². The van der Waals surface area contributed by atoms with Crippen LogP contribution in [0, 0.1) is 0 Å². The first-order valence-corrected chi connectivity index (χ1v) is 8.98. The second kappa shape index (κ2) is 10.1. The molecule has 0 amide bonds. The summed E-state index contributed by atoms with van der Waals surface area (Å²) in [5, 5.41) is 0. The van der Waals surface area contributed by atoms with Gasteiger partial charge in [-0.1, -0.05) is 6.42 Å². The van der Waals surface area contributed by atoms with Crippen LogP contribution in [0.4, 0.5) is 0 Å². The van der Waals surface area contributed by atoms with Crippen LogP contribution in [0.3, 0.4) is 0 Å². The third-order valence-electron chi connectivity index (χ3n) is 4.74. The van der Waals surface area contributed by atoms with Crippen molar-refractivity contribution in [1.82, 2.24) is 9.88 Å². The zero-order valence-electron chi connectivity index (χ0n) is 14.3. The van der Waals surface area contributed by atoms with Crippen molar-refractivity contribution in [3.8, 4) is 5.88 Å². The highest BCUT2D eigenvalue weighted by Crippen LogP contribution is 2.22. The fourth-order valence-electron chi connectivity index (χ4n) is 3.36. The number of aromatic nitrogens is 1. The Morgan fingerprint density at radius 3 is 2.62 bits per heavy atom. The average molecular weight is 444 g/mol. The molecule has 0 spiro atoms. The lowest BCUT2D eigenvalue weighted by atomic mass is 9.98. The van der Waals surface area contributed by atoms with E-state index in [4.69, 9.17) is 10.5 Å². The number of guanidine groups is 1. The first kappa shape index (κ1) is 19.3. The Bertz CT molecular complexity index is 526. The standard InChI is InChI=1S/C18H28N4O.HI/c19-18(22-11-5-2-6-12-22)21-14-15-9-10-20-17(13-15)23-16-7-3-1-4-8-16;/h9-10,13,16H,1-8,11-12,14H2,(H2,19,21);1H. The van der Waals surface area contributed by atoms with Gasteiger partial charge in [0.05, 0.1) is 6.54 Å². The molecule has 1 saturated carbocycles. The number of hydrogen-bond donors (Lipinski definition) is 1. The molecule has 0 bridgehead atoms. The molecule has 3 rings (SSSR count). The van der Waals surface area contributed by atoms with Crippen LogP contribution in [0.15, 0.2) is 23.3 Å². The van der Waals surface area contributed by atoms with Gasteiger partial charge in [-0.3, -0.25) is 0 Å². The van der Waals surface area contributed by atoms with E-state index in [-0.39, 0.29) is 24.0 Å². The van der Waals surface area contributed by atoms with Crippen LogP contribution in [-0.2, 0) is 6.54 Å². The number of ether oxygens (including phenoxy) is 1. The van der Waals surface area contributed by atoms with Crippen molar-refractivity contribution in [3.63, 3.8) is 0 Å². The van der Waals surface area contributed by atoms with E-state index in [9.17, 15) is 0 Å². The molecule has 2 fully saturated rings. The van der Waals surface area contributed by atoms with E-state index in [1.165, 1.54) is 38.5 Å². The predicted molar refractivity (Wildman–Crippen MR) is 108 cm³/mol. The smallest absolute Gasteiger partial charge is 0.213 e. The minimum atomic E-state index is 0. The van der Waals surface area contributed by atoms with Gasteiger partial charge in [-0.05, 0) is 56.6 Å². The minimum Gasteiger partial charge on any atom is -0.474 e. The third-order valence-corrected chi connectivity index (χ3v) is 4.74. The highest BCUT2D eigenvalue weighted by molar-refractivity contribution is 14.0. The zero-order chi connectivity index (χ0) is 15.9. The normalized spacial score (nSPS) is 19.7. The maximum absolute atomic E-state index is 6.11. The summed E-state index contributed by atoms with van der Waals surface area (Å²) >= 11 is 0. The summed E-state index contributed by atoms with van der Waals surface area (Å²) in [6.45, 7) is 2.65. The largest absolute Gasteiger partial charge is 0.474 e. The Balaban J connectivity index is 0.00000208. The maximum Gasteiger partial charge on any atom is 0.213 e. The van der Waals surface area contributed by atoms with Crippen molar-refractivity contribution < 1.29 is 4.74 Å². The van der Waals surface area contributed by atoms with Crippen LogP contribution in [0.2, 0.25) is 0 Å². The van der Waals surface area contributed by atoms with Crippen LogP contribution in [0.5, 0.6) is 5.88 Å². The molecule has 0 aromatic carbocycles. The van der Waals surface area contributed by atoms with Crippen molar-refractivity contribution in [2.75, 3.05) is 13.1 Å². The van der Waals surface area contributed by atoms with Crippen LogP contribution < -0.4 is 10.5 Å². The molecule has 24 heavy (non-hydrogen) atoms. The molecule has 2 heterocycles. The van der Waals surface area contributed by atoms with Crippen molar-refractivity contribution in [2.24, 2.45) is 10.7 Å². The number of nitrogens with two attached hydrogens (primary N) is 1. The van der Waals surface area contributed by atoms with Crippen LogP contribution in [-0.4, -0.2) is 35.0 Å². The van der Waals surface area contributed by atoms with E-state index >= 15 is 0 Å². The van der Waals surface area contributed by atoms with Gasteiger partial charge in [0.2, 0.25) is 5.88 Å². The highest BCUT2D eigenvalue weighted by atomic mass is 127. The van der Waals surface area contributed by atoms with Crippen LogP contribution in [0.25, 0.3) is 0 Å². The van der Waals surface area contributed by atoms with Gasteiger partial charge in [-0.2, -0.15) is 0 Å². The van der Waals surface area contributed by atoms with Crippen molar-refractivity contribution >= 4 is 29.9 Å². The fourth-order valence-corrected chi connectivity index (χ4v) is 3.36. The van der Waals surface area contributed by atoms with Gasteiger partial charge < -0.3 is 15.4 Å². The second-order valence-corrected chi connectivity index (χ2v) is 6.60. The molecule has 1 aromatic heterocycles. The molecule has 0 unspecified atom stereocenters. The molecule has 2 N–H and O–H groups in total. The van der Waals surface area contributed by atoms with Gasteiger partial charge in [0.25, 0.3) is 0 Å². The summed E-state index contributed by atoms with van der Waals surface area (Å²) in [6, 6.07) is 3.99. The molecule has 5 nitrogen and oxygen atoms in total. The fraction of sp³-hybridized carbons (Fsp3) is 0.667. The Morgan fingerprint density at radius 1 is 1.17 bits per heavy atom. The van der Waals surface area contributed by atoms with Gasteiger partial charge >= 0.3 is 0 Å². The number of likely N-dealkylation sites (tertiary alicyclic amines) is 1. The van der Waals surface area contributed by atoms with E-state index in [0.717, 1.165) is 37.4 Å². The predicted octanol–water partition coefficient (Wildman–Crippen LogP) is 3.71. The van der Waals surface area contributed by atoms with Gasteiger partial charge in [-0.25, -0.2) is 9.98 Å². The molecule has 1 aliphatic carbocycles. The van der Waals surface area contributed by atoms with Gasteiger partial charge in [-0.15, -0.1) is 24.0 Å². The molecular weight excluding hydrogens is 415 g/mol. The summed E-state index contributed by atoms with van der Waals surface area (Å²) in [4.78, 5) is 11.1. The Kier molecular flexibility index (Phi) is 8.08. The molecular formula is C18H29IN4O. The Labute approximate surface area is 162 Å². The maximum atomic E-state index is 6.11.